The molecule has 5 heteroatoms. The lowest BCUT2D eigenvalue weighted by Gasteiger charge is -2.04. The second-order valence-electron chi connectivity index (χ2n) is 3.94. The maximum atomic E-state index is 12.0. The van der Waals surface area contributed by atoms with Crippen molar-refractivity contribution in [3.63, 3.8) is 0 Å². The summed E-state index contributed by atoms with van der Waals surface area (Å²) in [5.41, 5.74) is 1.34. The minimum Gasteiger partial charge on any atom is -0.466 e. The summed E-state index contributed by atoms with van der Waals surface area (Å²) in [6.45, 7) is 2.95. The molecule has 19 heavy (non-hydrogen) atoms. The highest BCUT2D eigenvalue weighted by Crippen LogP contribution is 2.13. The molecule has 1 N–H and O–H groups in total. The van der Waals surface area contributed by atoms with Gasteiger partial charge in [0, 0.05) is 29.8 Å². The quantitative estimate of drug-likeness (QED) is 0.511. The van der Waals surface area contributed by atoms with Gasteiger partial charge in [0.05, 0.1) is 7.11 Å². The van der Waals surface area contributed by atoms with Crippen molar-refractivity contribution in [2.24, 2.45) is 0 Å². The van der Waals surface area contributed by atoms with Crippen LogP contribution in [-0.4, -0.2) is 24.8 Å². The van der Waals surface area contributed by atoms with E-state index >= 15 is 0 Å². The molecule has 100 valence electrons. The van der Waals surface area contributed by atoms with E-state index in [1.165, 1.54) is 14.0 Å². The van der Waals surface area contributed by atoms with Crippen molar-refractivity contribution < 1.29 is 19.1 Å². The van der Waals surface area contributed by atoms with Crippen LogP contribution >= 0.6 is 0 Å². The fourth-order valence-electron chi connectivity index (χ4n) is 1.44. The first-order valence-corrected chi connectivity index (χ1v) is 5.62. The number of esters is 1. The Labute approximate surface area is 111 Å². The SMILES string of the molecule is COC(=O)/C=C(/C)C(=O)c1ccc(NC(C)=O)cc1. The van der Waals surface area contributed by atoms with Crippen LogP contribution in [0, 0.1) is 0 Å². The number of nitrogens with one attached hydrogen (secondary N) is 1. The largest absolute Gasteiger partial charge is 0.466 e. The molecule has 0 atom stereocenters. The van der Waals surface area contributed by atoms with Gasteiger partial charge in [-0.15, -0.1) is 0 Å². The monoisotopic (exact) mass is 261 g/mol. The number of ketones is 1. The van der Waals surface area contributed by atoms with Crippen LogP contribution in [0.15, 0.2) is 35.9 Å². The number of allylic oxidation sites excluding steroid dienone is 1. The van der Waals surface area contributed by atoms with Crippen molar-refractivity contribution >= 4 is 23.3 Å². The lowest BCUT2D eigenvalue weighted by molar-refractivity contribution is -0.134. The molecule has 0 aliphatic carbocycles. The number of hydrogen-bond acceptors (Lipinski definition) is 4. The van der Waals surface area contributed by atoms with Gasteiger partial charge in [-0.3, -0.25) is 9.59 Å². The van der Waals surface area contributed by atoms with Crippen LogP contribution in [-0.2, 0) is 14.3 Å². The maximum Gasteiger partial charge on any atom is 0.330 e. The topological polar surface area (TPSA) is 72.5 Å². The molecule has 0 fully saturated rings. The van der Waals surface area contributed by atoms with Gasteiger partial charge >= 0.3 is 5.97 Å². The Morgan fingerprint density at radius 2 is 1.68 bits per heavy atom. The van der Waals surface area contributed by atoms with Crippen LogP contribution in [0.5, 0.6) is 0 Å². The molecule has 0 aliphatic heterocycles. The van der Waals surface area contributed by atoms with Crippen LogP contribution in [0.2, 0.25) is 0 Å². The Hall–Kier alpha value is -2.43. The molecule has 5 nitrogen and oxygen atoms in total. The Morgan fingerprint density at radius 3 is 2.16 bits per heavy atom. The molecular formula is C14H15NO4. The fourth-order valence-corrected chi connectivity index (χ4v) is 1.44. The lowest BCUT2D eigenvalue weighted by atomic mass is 10.0. The number of ether oxygens (including phenoxy) is 1. The van der Waals surface area contributed by atoms with Crippen LogP contribution in [0.1, 0.15) is 24.2 Å². The molecular weight excluding hydrogens is 246 g/mol. The summed E-state index contributed by atoms with van der Waals surface area (Å²) in [5, 5.41) is 2.60. The molecule has 0 aromatic heterocycles. The minimum atomic E-state index is -0.569. The Bertz CT molecular complexity index is 529. The summed E-state index contributed by atoms with van der Waals surface area (Å²) in [5.74, 6) is -1.01. The van der Waals surface area contributed by atoms with Crippen LogP contribution in [0.3, 0.4) is 0 Å². The van der Waals surface area contributed by atoms with Gasteiger partial charge in [0.1, 0.15) is 0 Å². The number of Topliss-reactive ketones (excluding diaryl/α,β-unsaturated/α-hetero) is 1. The number of amides is 1. The normalized spacial score (nSPS) is 10.8. The third kappa shape index (κ3) is 4.39. The van der Waals surface area contributed by atoms with Gasteiger partial charge in [-0.25, -0.2) is 4.79 Å². The van der Waals surface area contributed by atoms with E-state index in [1.54, 1.807) is 31.2 Å². The van der Waals surface area contributed by atoms with Crippen molar-refractivity contribution in [1.82, 2.24) is 0 Å². The van der Waals surface area contributed by atoms with Gasteiger partial charge in [-0.1, -0.05) is 0 Å². The number of anilines is 1. The van der Waals surface area contributed by atoms with Gasteiger partial charge < -0.3 is 10.1 Å². The smallest absolute Gasteiger partial charge is 0.330 e. The summed E-state index contributed by atoms with van der Waals surface area (Å²) in [6.07, 6.45) is 1.14. The number of carbonyl (C=O) groups excluding carboxylic acids is 3. The predicted octanol–water partition coefficient (Wildman–Crippen LogP) is 1.95. The zero-order valence-corrected chi connectivity index (χ0v) is 11.0. The van der Waals surface area contributed by atoms with E-state index < -0.39 is 5.97 Å². The second-order valence-corrected chi connectivity index (χ2v) is 3.94. The zero-order chi connectivity index (χ0) is 14.4. The molecule has 0 spiro atoms. The number of hydrogen-bond donors (Lipinski definition) is 1. The Morgan fingerprint density at radius 1 is 1.11 bits per heavy atom. The van der Waals surface area contributed by atoms with Crippen LogP contribution in [0.25, 0.3) is 0 Å². The maximum absolute atomic E-state index is 12.0. The summed E-state index contributed by atoms with van der Waals surface area (Å²) in [6, 6.07) is 6.42. The Kier molecular flexibility index (Phi) is 5.00. The predicted molar refractivity (Wildman–Crippen MR) is 70.8 cm³/mol. The summed E-state index contributed by atoms with van der Waals surface area (Å²) < 4.78 is 4.45. The molecule has 0 saturated carbocycles. The zero-order valence-electron chi connectivity index (χ0n) is 11.0. The first kappa shape index (κ1) is 14.6. The van der Waals surface area contributed by atoms with Crippen molar-refractivity contribution in [1.29, 1.82) is 0 Å². The highest BCUT2D eigenvalue weighted by molar-refractivity contribution is 6.11. The molecule has 0 saturated heterocycles. The molecule has 1 rings (SSSR count). The van der Waals surface area contributed by atoms with Gasteiger partial charge in [0.25, 0.3) is 0 Å². The van der Waals surface area contributed by atoms with E-state index in [9.17, 15) is 14.4 Å². The molecule has 1 aromatic carbocycles. The van der Waals surface area contributed by atoms with E-state index in [2.05, 4.69) is 10.1 Å². The number of benzene rings is 1. The van der Waals surface area contributed by atoms with E-state index in [4.69, 9.17) is 0 Å². The minimum absolute atomic E-state index is 0.180. The number of methoxy groups -OCH3 is 1. The highest BCUT2D eigenvalue weighted by Gasteiger charge is 2.10. The summed E-state index contributed by atoms with van der Waals surface area (Å²) in [7, 11) is 1.25. The summed E-state index contributed by atoms with van der Waals surface area (Å²) >= 11 is 0. The molecule has 0 bridgehead atoms. The van der Waals surface area contributed by atoms with Crippen LogP contribution < -0.4 is 5.32 Å². The second kappa shape index (κ2) is 6.49. The lowest BCUT2D eigenvalue weighted by Crippen LogP contribution is -2.07. The molecule has 1 aromatic rings. The van der Waals surface area contributed by atoms with E-state index in [0.29, 0.717) is 16.8 Å². The third-order valence-electron chi connectivity index (χ3n) is 2.36. The average molecular weight is 261 g/mol. The van der Waals surface area contributed by atoms with Gasteiger partial charge in [-0.05, 0) is 31.2 Å². The van der Waals surface area contributed by atoms with Crippen molar-refractivity contribution in [3.8, 4) is 0 Å². The third-order valence-corrected chi connectivity index (χ3v) is 2.36. The van der Waals surface area contributed by atoms with E-state index in [-0.39, 0.29) is 11.7 Å². The average Bonchev–Trinajstić information content (AvgIpc) is 2.37. The molecule has 0 unspecified atom stereocenters. The summed E-state index contributed by atoms with van der Waals surface area (Å²) in [4.78, 5) is 33.9. The number of carbonyl (C=O) groups is 3. The van der Waals surface area contributed by atoms with Gasteiger partial charge in [0.2, 0.25) is 5.91 Å². The van der Waals surface area contributed by atoms with E-state index in [1.807, 2.05) is 0 Å². The standard InChI is InChI=1S/C14H15NO4/c1-9(8-13(17)19-3)14(18)11-4-6-12(7-5-11)15-10(2)16/h4-8H,1-3H3,(H,15,16)/b9-8-. The molecule has 0 aliphatic rings. The first-order chi connectivity index (χ1) is 8.93. The van der Waals surface area contributed by atoms with Gasteiger partial charge in [-0.2, -0.15) is 0 Å². The van der Waals surface area contributed by atoms with Crippen molar-refractivity contribution in [3.05, 3.63) is 41.5 Å². The molecule has 1 amide bonds. The number of rotatable bonds is 4. The first-order valence-electron chi connectivity index (χ1n) is 5.62. The van der Waals surface area contributed by atoms with Gasteiger partial charge in [0.15, 0.2) is 5.78 Å². The molecule has 0 heterocycles. The van der Waals surface area contributed by atoms with Crippen molar-refractivity contribution in [2.45, 2.75) is 13.8 Å². The Balaban J connectivity index is 2.86. The fraction of sp³-hybridized carbons (Fsp3) is 0.214. The van der Waals surface area contributed by atoms with Crippen LogP contribution in [0.4, 0.5) is 5.69 Å². The highest BCUT2D eigenvalue weighted by atomic mass is 16.5. The molecule has 0 radical (unpaired) electrons. The van der Waals surface area contributed by atoms with E-state index in [0.717, 1.165) is 6.08 Å². The van der Waals surface area contributed by atoms with Crippen molar-refractivity contribution in [2.75, 3.05) is 12.4 Å².